The highest BCUT2D eigenvalue weighted by Gasteiger charge is 2.25. The van der Waals surface area contributed by atoms with Crippen LogP contribution >= 0.6 is 11.3 Å². The van der Waals surface area contributed by atoms with Crippen molar-refractivity contribution in [3.63, 3.8) is 0 Å². The molecule has 1 aromatic rings. The molecule has 1 aromatic heterocycles. The molecule has 0 amide bonds. The van der Waals surface area contributed by atoms with Gasteiger partial charge in [-0.3, -0.25) is 9.69 Å². The SMILES string of the molecule is CC(=O)CC1CCCN1Cc1cnc(C)s1. The zero-order valence-corrected chi connectivity index (χ0v) is 10.7. The van der Waals surface area contributed by atoms with Gasteiger partial charge in [0.2, 0.25) is 0 Å². The van der Waals surface area contributed by atoms with Crippen molar-refractivity contribution in [2.45, 2.75) is 45.7 Å². The molecule has 1 aliphatic rings. The topological polar surface area (TPSA) is 33.2 Å². The Labute approximate surface area is 100 Å². The Bertz CT molecular complexity index is 375. The van der Waals surface area contributed by atoms with Gasteiger partial charge >= 0.3 is 0 Å². The van der Waals surface area contributed by atoms with E-state index in [1.165, 1.54) is 11.3 Å². The summed E-state index contributed by atoms with van der Waals surface area (Å²) in [6.45, 7) is 5.80. The van der Waals surface area contributed by atoms with E-state index in [0.717, 1.165) is 24.5 Å². The average Bonchev–Trinajstić information content (AvgIpc) is 2.77. The minimum atomic E-state index is 0.303. The molecule has 4 heteroatoms. The lowest BCUT2D eigenvalue weighted by atomic mass is 10.1. The maximum absolute atomic E-state index is 11.2. The van der Waals surface area contributed by atoms with Crippen molar-refractivity contribution < 1.29 is 4.79 Å². The molecular formula is C12H18N2OS. The van der Waals surface area contributed by atoms with Gasteiger partial charge in [-0.15, -0.1) is 11.3 Å². The third-order valence-corrected chi connectivity index (χ3v) is 3.95. The van der Waals surface area contributed by atoms with Crippen LogP contribution in [0.2, 0.25) is 0 Å². The van der Waals surface area contributed by atoms with Crippen LogP contribution in [0.5, 0.6) is 0 Å². The Morgan fingerprint density at radius 3 is 3.12 bits per heavy atom. The van der Waals surface area contributed by atoms with Crippen molar-refractivity contribution >= 4 is 17.1 Å². The second-order valence-corrected chi connectivity index (χ2v) is 5.84. The van der Waals surface area contributed by atoms with Crippen LogP contribution in [-0.4, -0.2) is 28.3 Å². The van der Waals surface area contributed by atoms with Gasteiger partial charge in [0, 0.05) is 30.1 Å². The molecule has 0 aliphatic carbocycles. The molecule has 0 radical (unpaired) electrons. The summed E-state index contributed by atoms with van der Waals surface area (Å²) in [5.74, 6) is 0.303. The van der Waals surface area contributed by atoms with Crippen LogP contribution in [0.3, 0.4) is 0 Å². The summed E-state index contributed by atoms with van der Waals surface area (Å²) in [7, 11) is 0. The maximum Gasteiger partial charge on any atom is 0.131 e. The van der Waals surface area contributed by atoms with E-state index in [4.69, 9.17) is 0 Å². The summed E-state index contributed by atoms with van der Waals surface area (Å²) >= 11 is 1.76. The van der Waals surface area contributed by atoms with Crippen molar-refractivity contribution in [3.8, 4) is 0 Å². The first-order valence-electron chi connectivity index (χ1n) is 5.80. The van der Waals surface area contributed by atoms with Gasteiger partial charge in [-0.1, -0.05) is 0 Å². The number of thiazole rings is 1. The Hall–Kier alpha value is -0.740. The van der Waals surface area contributed by atoms with E-state index in [0.29, 0.717) is 18.2 Å². The van der Waals surface area contributed by atoms with Gasteiger partial charge in [0.1, 0.15) is 5.78 Å². The summed E-state index contributed by atoms with van der Waals surface area (Å²) in [6.07, 6.45) is 5.05. The standard InChI is InChI=1S/C12H18N2OS/c1-9(15)6-11-4-3-5-14(11)8-12-7-13-10(2)16-12/h7,11H,3-6,8H2,1-2H3. The molecule has 2 heterocycles. The third-order valence-electron chi connectivity index (χ3n) is 3.05. The summed E-state index contributed by atoms with van der Waals surface area (Å²) in [5.41, 5.74) is 0. The normalized spacial score (nSPS) is 21.5. The molecule has 1 aliphatic heterocycles. The predicted molar refractivity (Wildman–Crippen MR) is 65.6 cm³/mol. The minimum absolute atomic E-state index is 0.303. The molecule has 0 N–H and O–H groups in total. The number of nitrogens with zero attached hydrogens (tertiary/aromatic N) is 2. The zero-order valence-electron chi connectivity index (χ0n) is 9.90. The molecule has 0 aromatic carbocycles. The van der Waals surface area contributed by atoms with Crippen LogP contribution in [0.15, 0.2) is 6.20 Å². The van der Waals surface area contributed by atoms with Crippen LogP contribution < -0.4 is 0 Å². The van der Waals surface area contributed by atoms with E-state index in [-0.39, 0.29) is 0 Å². The molecule has 0 saturated carbocycles. The van der Waals surface area contributed by atoms with Crippen molar-refractivity contribution in [3.05, 3.63) is 16.1 Å². The van der Waals surface area contributed by atoms with Crippen molar-refractivity contribution in [1.82, 2.24) is 9.88 Å². The Kier molecular flexibility index (Phi) is 3.71. The van der Waals surface area contributed by atoms with Gasteiger partial charge < -0.3 is 0 Å². The molecule has 2 rings (SSSR count). The highest BCUT2D eigenvalue weighted by atomic mass is 32.1. The fraction of sp³-hybridized carbons (Fsp3) is 0.667. The fourth-order valence-electron chi connectivity index (χ4n) is 2.34. The number of aryl methyl sites for hydroxylation is 1. The predicted octanol–water partition coefficient (Wildman–Crippen LogP) is 2.40. The molecule has 0 spiro atoms. The molecule has 1 unspecified atom stereocenters. The molecule has 88 valence electrons. The third kappa shape index (κ3) is 2.89. The highest BCUT2D eigenvalue weighted by Crippen LogP contribution is 2.24. The Morgan fingerprint density at radius 1 is 1.69 bits per heavy atom. The van der Waals surface area contributed by atoms with Gasteiger partial charge in [-0.2, -0.15) is 0 Å². The van der Waals surface area contributed by atoms with Crippen LogP contribution in [0.4, 0.5) is 0 Å². The van der Waals surface area contributed by atoms with Gasteiger partial charge in [0.15, 0.2) is 0 Å². The monoisotopic (exact) mass is 238 g/mol. The first-order valence-corrected chi connectivity index (χ1v) is 6.61. The van der Waals surface area contributed by atoms with Gasteiger partial charge in [-0.25, -0.2) is 4.98 Å². The molecule has 1 atom stereocenters. The van der Waals surface area contributed by atoms with Gasteiger partial charge in [0.25, 0.3) is 0 Å². The summed E-state index contributed by atoms with van der Waals surface area (Å²) in [5, 5.41) is 1.12. The van der Waals surface area contributed by atoms with E-state index >= 15 is 0 Å². The summed E-state index contributed by atoms with van der Waals surface area (Å²) in [6, 6.07) is 0.458. The van der Waals surface area contributed by atoms with E-state index in [9.17, 15) is 4.79 Å². The van der Waals surface area contributed by atoms with Crippen molar-refractivity contribution in [1.29, 1.82) is 0 Å². The number of Topliss-reactive ketones (excluding diaryl/α,β-unsaturated/α-hetero) is 1. The minimum Gasteiger partial charge on any atom is -0.300 e. The molecule has 3 nitrogen and oxygen atoms in total. The smallest absolute Gasteiger partial charge is 0.131 e. The number of hydrogen-bond acceptors (Lipinski definition) is 4. The zero-order chi connectivity index (χ0) is 11.5. The highest BCUT2D eigenvalue weighted by molar-refractivity contribution is 7.11. The van der Waals surface area contributed by atoms with E-state index in [1.807, 2.05) is 13.1 Å². The van der Waals surface area contributed by atoms with Crippen LogP contribution in [0.1, 0.15) is 36.1 Å². The molecule has 1 saturated heterocycles. The second-order valence-electron chi connectivity index (χ2n) is 4.52. The van der Waals surface area contributed by atoms with Crippen LogP contribution in [0, 0.1) is 6.92 Å². The summed E-state index contributed by atoms with van der Waals surface area (Å²) < 4.78 is 0. The van der Waals surface area contributed by atoms with E-state index < -0.39 is 0 Å². The number of aromatic nitrogens is 1. The Morgan fingerprint density at radius 2 is 2.50 bits per heavy atom. The lowest BCUT2D eigenvalue weighted by molar-refractivity contribution is -0.118. The lowest BCUT2D eigenvalue weighted by Crippen LogP contribution is -2.30. The first kappa shape index (κ1) is 11.7. The van der Waals surface area contributed by atoms with E-state index in [2.05, 4.69) is 9.88 Å². The van der Waals surface area contributed by atoms with Gasteiger partial charge in [0.05, 0.1) is 5.01 Å². The number of hydrogen-bond donors (Lipinski definition) is 0. The number of likely N-dealkylation sites (tertiary alicyclic amines) is 1. The first-order chi connectivity index (χ1) is 7.65. The summed E-state index contributed by atoms with van der Waals surface area (Å²) in [4.78, 5) is 19.2. The molecule has 16 heavy (non-hydrogen) atoms. The van der Waals surface area contributed by atoms with Crippen molar-refractivity contribution in [2.75, 3.05) is 6.54 Å². The maximum atomic E-state index is 11.2. The van der Waals surface area contributed by atoms with Crippen molar-refractivity contribution in [2.24, 2.45) is 0 Å². The molecular weight excluding hydrogens is 220 g/mol. The van der Waals surface area contributed by atoms with Crippen LogP contribution in [0.25, 0.3) is 0 Å². The van der Waals surface area contributed by atoms with Gasteiger partial charge in [-0.05, 0) is 33.2 Å². The number of ketones is 1. The number of rotatable bonds is 4. The fourth-order valence-corrected chi connectivity index (χ4v) is 3.17. The number of carbonyl (C=O) groups is 1. The molecule has 0 bridgehead atoms. The largest absolute Gasteiger partial charge is 0.300 e. The second kappa shape index (κ2) is 5.06. The van der Waals surface area contributed by atoms with Crippen LogP contribution in [-0.2, 0) is 11.3 Å². The Balaban J connectivity index is 1.95. The van der Waals surface area contributed by atoms with E-state index in [1.54, 1.807) is 18.3 Å². The number of carbonyl (C=O) groups excluding carboxylic acids is 1. The quantitative estimate of drug-likeness (QED) is 0.807. The molecule has 1 fully saturated rings. The average molecular weight is 238 g/mol. The lowest BCUT2D eigenvalue weighted by Gasteiger charge is -2.22.